The highest BCUT2D eigenvalue weighted by Crippen LogP contribution is 2.35. The molecule has 0 bridgehead atoms. The Balaban J connectivity index is 1.20. The largest absolute Gasteiger partial charge is 0.394 e. The van der Waals surface area contributed by atoms with Gasteiger partial charge in [0.05, 0.1) is 46.2 Å². The number of aliphatic hydroxyl groups excluding tert-OH is 21. The van der Waals surface area contributed by atoms with Crippen molar-refractivity contribution in [3.63, 3.8) is 0 Å². The molecule has 0 radical (unpaired) electrons. The summed E-state index contributed by atoms with van der Waals surface area (Å²) in [5.74, 6) is 0. The molecule has 0 amide bonds. The van der Waals surface area contributed by atoms with E-state index in [4.69, 9.17) is 47.4 Å². The molecule has 0 aromatic rings. The lowest BCUT2D eigenvalue weighted by Crippen LogP contribution is -2.67. The Bertz CT molecular complexity index is 1450. The van der Waals surface area contributed by atoms with E-state index < -0.39 is 224 Å². The Morgan fingerprint density at radius 1 is 0.343 bits per heavy atom. The average Bonchev–Trinajstić information content (AvgIpc) is 3.32. The molecule has 0 spiro atoms. The highest BCUT2D eigenvalue weighted by Gasteiger charge is 2.56. The van der Waals surface area contributed by atoms with Crippen LogP contribution in [-0.4, -0.2) is 331 Å². The van der Waals surface area contributed by atoms with Gasteiger partial charge in [-0.3, -0.25) is 0 Å². The summed E-state index contributed by atoms with van der Waals surface area (Å²) in [7, 11) is 0. The minimum Gasteiger partial charge on any atom is -0.394 e. The Morgan fingerprint density at radius 2 is 0.672 bits per heavy atom. The normalized spacial score (nSPS) is 48.4. The molecule has 5 rings (SSSR count). The van der Waals surface area contributed by atoms with Gasteiger partial charge in [0.25, 0.3) is 0 Å². The summed E-state index contributed by atoms with van der Waals surface area (Å²) in [4.78, 5) is 0. The van der Waals surface area contributed by atoms with Crippen LogP contribution < -0.4 is 0 Å². The second kappa shape index (κ2) is 24.9. The average molecular weight is 993 g/mol. The number of hydrogen-bond acceptors (Lipinski definition) is 31. The predicted molar refractivity (Wildman–Crippen MR) is 201 cm³/mol. The Hall–Kier alpha value is -1.24. The van der Waals surface area contributed by atoms with Crippen LogP contribution in [0.25, 0.3) is 0 Å². The van der Waals surface area contributed by atoms with Gasteiger partial charge in [0.2, 0.25) is 0 Å². The molecule has 5 heterocycles. The first kappa shape index (κ1) is 56.7. The van der Waals surface area contributed by atoms with Crippen LogP contribution in [0, 0.1) is 0 Å². The summed E-state index contributed by atoms with van der Waals surface area (Å²) < 4.78 is 55.0. The van der Waals surface area contributed by atoms with Crippen molar-refractivity contribution in [1.82, 2.24) is 0 Å². The van der Waals surface area contributed by atoms with Crippen LogP contribution in [0.3, 0.4) is 0 Å². The molecule has 67 heavy (non-hydrogen) atoms. The van der Waals surface area contributed by atoms with Crippen molar-refractivity contribution < 1.29 is 155 Å². The molecule has 0 aromatic carbocycles. The van der Waals surface area contributed by atoms with E-state index in [1.807, 2.05) is 0 Å². The van der Waals surface area contributed by atoms with Crippen molar-refractivity contribution in [3.05, 3.63) is 0 Å². The molecule has 5 fully saturated rings. The zero-order valence-corrected chi connectivity index (χ0v) is 35.2. The van der Waals surface area contributed by atoms with Crippen molar-refractivity contribution in [2.45, 2.75) is 178 Å². The second-order valence-electron chi connectivity index (χ2n) is 16.6. The molecule has 0 aromatic heterocycles. The molecule has 0 unspecified atom stereocenters. The maximum Gasteiger partial charge on any atom is 0.187 e. The first-order chi connectivity index (χ1) is 31.7. The zero-order chi connectivity index (χ0) is 49.8. The standard InChI is InChI=1S/C36H64O31/c37-1-8(43)15(45)28(9(44)2-38)64-35-26(56)21(51)31(12(5-41)61-35)66-34-24(54)19(49)17(47)14(63-34)7-58-32-25(55)20(50)29(11(4-40)60-32)67-36-27(57)22(52)30(13(6-42)62-36)65-33-23(53)18(48)16(46)10(3-39)59-33/h8-57H,1-7H2/t8-,9+,10+,11+,12+,13+,14+,15+,16+,17+,18-,19-,20+,21+,22+,23+,24+,25+,26+,27+,28+,29+,30+,31+,32-,33+,34+,35+,36+/m0/s1. The lowest BCUT2D eigenvalue weighted by Gasteiger charge is -2.48. The van der Waals surface area contributed by atoms with E-state index in [0.29, 0.717) is 0 Å². The number of hydrogen-bond donors (Lipinski definition) is 21. The highest BCUT2D eigenvalue weighted by atomic mass is 16.8. The van der Waals surface area contributed by atoms with Gasteiger partial charge < -0.3 is 155 Å². The van der Waals surface area contributed by atoms with Gasteiger partial charge in [0, 0.05) is 0 Å². The molecule has 31 heteroatoms. The number of rotatable bonds is 20. The van der Waals surface area contributed by atoms with Crippen LogP contribution in [0.1, 0.15) is 0 Å². The summed E-state index contributed by atoms with van der Waals surface area (Å²) in [6.45, 7) is -6.74. The molecule has 5 aliphatic rings. The summed E-state index contributed by atoms with van der Waals surface area (Å²) in [6.07, 6.45) is -55.5. The van der Waals surface area contributed by atoms with Crippen molar-refractivity contribution in [2.24, 2.45) is 0 Å². The molecular formula is C36H64O31. The monoisotopic (exact) mass is 992 g/mol. The van der Waals surface area contributed by atoms with Crippen LogP contribution in [0.2, 0.25) is 0 Å². The van der Waals surface area contributed by atoms with Gasteiger partial charge in [-0.1, -0.05) is 0 Å². The lowest BCUT2D eigenvalue weighted by molar-refractivity contribution is -0.383. The van der Waals surface area contributed by atoms with Crippen molar-refractivity contribution in [3.8, 4) is 0 Å². The Morgan fingerprint density at radius 3 is 1.09 bits per heavy atom. The van der Waals surface area contributed by atoms with Crippen molar-refractivity contribution in [2.75, 3.05) is 46.2 Å². The fourth-order valence-corrected chi connectivity index (χ4v) is 8.01. The van der Waals surface area contributed by atoms with Crippen LogP contribution >= 0.6 is 0 Å². The van der Waals surface area contributed by atoms with E-state index in [-0.39, 0.29) is 0 Å². The fraction of sp³-hybridized carbons (Fsp3) is 1.00. The van der Waals surface area contributed by atoms with E-state index in [1.54, 1.807) is 0 Å². The molecule has 5 aliphatic heterocycles. The van der Waals surface area contributed by atoms with Gasteiger partial charge in [0.15, 0.2) is 31.5 Å². The van der Waals surface area contributed by atoms with E-state index in [0.717, 1.165) is 0 Å². The van der Waals surface area contributed by atoms with E-state index in [2.05, 4.69) is 0 Å². The van der Waals surface area contributed by atoms with Gasteiger partial charge in [-0.2, -0.15) is 0 Å². The third kappa shape index (κ3) is 12.3. The molecule has 21 N–H and O–H groups in total. The third-order valence-corrected chi connectivity index (χ3v) is 12.1. The smallest absolute Gasteiger partial charge is 0.187 e. The Labute approximate surface area is 378 Å². The van der Waals surface area contributed by atoms with E-state index >= 15 is 0 Å². The maximum absolute atomic E-state index is 11.1. The van der Waals surface area contributed by atoms with Gasteiger partial charge in [-0.25, -0.2) is 0 Å². The number of aliphatic hydroxyl groups is 21. The molecule has 5 saturated heterocycles. The van der Waals surface area contributed by atoms with Crippen LogP contribution in [0.4, 0.5) is 0 Å². The van der Waals surface area contributed by atoms with Crippen LogP contribution in [0.5, 0.6) is 0 Å². The van der Waals surface area contributed by atoms with Gasteiger partial charge in [0.1, 0.15) is 146 Å². The number of ether oxygens (including phenoxy) is 10. The minimum atomic E-state index is -2.16. The summed E-state index contributed by atoms with van der Waals surface area (Å²) >= 11 is 0. The topological polar surface area (TPSA) is 517 Å². The summed E-state index contributed by atoms with van der Waals surface area (Å²) in [5, 5.41) is 217. The minimum absolute atomic E-state index is 0.828. The highest BCUT2D eigenvalue weighted by molar-refractivity contribution is 4.98. The molecule has 29 atom stereocenters. The van der Waals surface area contributed by atoms with Crippen molar-refractivity contribution >= 4 is 0 Å². The SMILES string of the molecule is OC[C@@H](O)[C@@H](O[C@H]1O[C@H](CO)[C@@H](O[C@H]2O[C@H](CO[C@H]3O[C@H](CO)[C@@H](O[C@H]4O[C@H](CO)[C@@H](O[C@H]5O[C@H](CO)[C@@H](O)[C@H](O)[C@H]5O)[C@H](O)[C@H]4O)[C@H](O)[C@H]3O)[C@@H](O)[C@H](O)[C@H]2O)[C@H](O)[C@H]1O)[C@H](O)[C@@H](O)CO. The quantitative estimate of drug-likeness (QED) is 0.0538. The first-order valence-corrected chi connectivity index (χ1v) is 21.1. The van der Waals surface area contributed by atoms with Crippen LogP contribution in [-0.2, 0) is 47.4 Å². The maximum atomic E-state index is 11.1. The van der Waals surface area contributed by atoms with Gasteiger partial charge >= 0.3 is 0 Å². The van der Waals surface area contributed by atoms with Crippen molar-refractivity contribution in [1.29, 1.82) is 0 Å². The molecule has 0 aliphatic carbocycles. The van der Waals surface area contributed by atoms with E-state index in [9.17, 15) is 107 Å². The predicted octanol–water partition coefficient (Wildman–Crippen LogP) is -14.5. The van der Waals surface area contributed by atoms with Gasteiger partial charge in [-0.05, 0) is 0 Å². The third-order valence-electron chi connectivity index (χ3n) is 12.1. The van der Waals surface area contributed by atoms with E-state index in [1.165, 1.54) is 0 Å². The summed E-state index contributed by atoms with van der Waals surface area (Å²) in [6, 6.07) is 0. The fourth-order valence-electron chi connectivity index (χ4n) is 8.01. The summed E-state index contributed by atoms with van der Waals surface area (Å²) in [5.41, 5.74) is 0. The second-order valence-corrected chi connectivity index (χ2v) is 16.6. The molecule has 394 valence electrons. The lowest BCUT2D eigenvalue weighted by atomic mass is 9.96. The van der Waals surface area contributed by atoms with Gasteiger partial charge in [-0.15, -0.1) is 0 Å². The molecule has 0 saturated carbocycles. The van der Waals surface area contributed by atoms with Crippen LogP contribution in [0.15, 0.2) is 0 Å². The molecular weight excluding hydrogens is 928 g/mol. The zero-order valence-electron chi connectivity index (χ0n) is 35.2. The molecule has 31 nitrogen and oxygen atoms in total. The first-order valence-electron chi connectivity index (χ1n) is 21.1. The Kier molecular flexibility index (Phi) is 21.1.